The Hall–Kier alpha value is -4.01. The Morgan fingerprint density at radius 3 is 2.66 bits per heavy atom. The molecule has 15 heteroatoms. The first-order valence-electron chi connectivity index (χ1n) is 10.1. The molecule has 3 N–H and O–H groups in total. The van der Waals surface area contributed by atoms with E-state index in [1.165, 1.54) is 31.8 Å². The third kappa shape index (κ3) is 5.74. The van der Waals surface area contributed by atoms with Gasteiger partial charge in [-0.05, 0) is 17.5 Å². The van der Waals surface area contributed by atoms with Gasteiger partial charge in [-0.3, -0.25) is 14.4 Å². The van der Waals surface area contributed by atoms with Crippen molar-refractivity contribution in [3.63, 3.8) is 0 Å². The van der Waals surface area contributed by atoms with Crippen LogP contribution in [0.1, 0.15) is 19.6 Å². The van der Waals surface area contributed by atoms with Crippen molar-refractivity contribution < 1.29 is 47.4 Å². The summed E-state index contributed by atoms with van der Waals surface area (Å²) in [5.41, 5.74) is 5.03. The van der Waals surface area contributed by atoms with Crippen LogP contribution in [0, 0.1) is 0 Å². The van der Waals surface area contributed by atoms with Crippen molar-refractivity contribution in [1.29, 1.82) is 0 Å². The zero-order chi connectivity index (χ0) is 25.7. The fourth-order valence-corrected chi connectivity index (χ4v) is 4.58. The van der Waals surface area contributed by atoms with Gasteiger partial charge in [0.05, 0.1) is 6.26 Å². The number of β-lactam (4-membered cyclic amide) rings is 1. The summed E-state index contributed by atoms with van der Waals surface area (Å²) in [6, 6.07) is 0.706. The van der Waals surface area contributed by atoms with Crippen molar-refractivity contribution >= 4 is 47.3 Å². The molecule has 188 valence electrons. The second kappa shape index (κ2) is 10.9. The minimum Gasteiger partial charge on any atom is -0.462 e. The number of nitrogens with one attached hydrogen (secondary N) is 1. The van der Waals surface area contributed by atoms with Crippen molar-refractivity contribution in [3.8, 4) is 0 Å². The number of carbonyl (C=O) groups is 5. The minimum absolute atomic E-state index is 0.121. The summed E-state index contributed by atoms with van der Waals surface area (Å²) >= 11 is 1.11. The molecule has 0 saturated carbocycles. The van der Waals surface area contributed by atoms with Gasteiger partial charge in [0, 0.05) is 19.4 Å². The van der Waals surface area contributed by atoms with E-state index in [0.29, 0.717) is 0 Å². The number of esters is 2. The van der Waals surface area contributed by atoms with Gasteiger partial charge < -0.3 is 39.4 Å². The highest BCUT2D eigenvalue weighted by atomic mass is 32.2. The molecular weight excluding hydrogens is 488 g/mol. The summed E-state index contributed by atoms with van der Waals surface area (Å²) in [7, 11) is 1.25. The lowest BCUT2D eigenvalue weighted by Gasteiger charge is -2.51. The quantitative estimate of drug-likeness (QED) is 0.147. The normalized spacial score (nSPS) is 22.1. The van der Waals surface area contributed by atoms with E-state index in [9.17, 15) is 24.0 Å². The Kier molecular flexibility index (Phi) is 8.01. The van der Waals surface area contributed by atoms with Crippen molar-refractivity contribution in [2.75, 3.05) is 13.7 Å². The highest BCUT2D eigenvalue weighted by Gasteiger charge is 2.56. The number of furan rings is 1. The van der Waals surface area contributed by atoms with Crippen LogP contribution in [0.2, 0.25) is 0 Å². The third-order valence-corrected chi connectivity index (χ3v) is 5.94. The number of carbonyl (C=O) groups excluding carboxylic acids is 5. The topological polar surface area (TPSA) is 189 Å². The van der Waals surface area contributed by atoms with Gasteiger partial charge in [-0.2, -0.15) is 0 Å². The number of ether oxygens (including phenoxy) is 3. The monoisotopic (exact) mass is 510 g/mol. The zero-order valence-electron chi connectivity index (χ0n) is 18.8. The summed E-state index contributed by atoms with van der Waals surface area (Å²) < 4.78 is 19.9. The number of rotatable bonds is 9. The first-order valence-corrected chi connectivity index (χ1v) is 11.0. The average Bonchev–Trinajstić information content (AvgIpc) is 3.32. The molecular formula is C20H22N4O10S. The number of thioether (sulfide) groups is 1. The Balaban J connectivity index is 1.79. The maximum absolute atomic E-state index is 13.0. The Labute approximate surface area is 202 Å². The number of primary amides is 1. The van der Waals surface area contributed by atoms with Crippen LogP contribution in [0.15, 0.2) is 38.9 Å². The van der Waals surface area contributed by atoms with E-state index in [-0.39, 0.29) is 23.7 Å². The van der Waals surface area contributed by atoms with E-state index >= 15 is 0 Å². The van der Waals surface area contributed by atoms with E-state index in [4.69, 9.17) is 29.2 Å². The molecule has 2 aliphatic rings. The molecule has 0 aromatic carbocycles. The maximum Gasteiger partial charge on any atom is 0.404 e. The van der Waals surface area contributed by atoms with E-state index in [1.54, 1.807) is 6.07 Å². The summed E-state index contributed by atoms with van der Waals surface area (Å²) in [5, 5.41) is 7.01. The van der Waals surface area contributed by atoms with E-state index in [1.807, 2.05) is 0 Å². The first kappa shape index (κ1) is 25.6. The molecule has 3 rings (SSSR count). The molecule has 35 heavy (non-hydrogen) atoms. The molecule has 0 aliphatic carbocycles. The standard InChI is InChI=1S/C20H22N4O10S/c1-9(25)33-10(2)34-19(28)15-11(7-32-20(21)29)8-35-18-14(17(27)24(15)18)22-16(26)13(23-30-3)12-5-4-6-31-12/h4-6,8,10,14-15,18H,7H2,1-3H3,(H2,21,29)(H,22,26)/b23-13-. The molecule has 14 nitrogen and oxygen atoms in total. The van der Waals surface area contributed by atoms with Gasteiger partial charge in [0.1, 0.15) is 25.1 Å². The van der Waals surface area contributed by atoms with Crippen molar-refractivity contribution in [3.05, 3.63) is 35.1 Å². The van der Waals surface area contributed by atoms with Crippen LogP contribution in [0.4, 0.5) is 4.79 Å². The van der Waals surface area contributed by atoms with Gasteiger partial charge in [0.15, 0.2) is 11.8 Å². The maximum atomic E-state index is 13.0. The van der Waals surface area contributed by atoms with Crippen LogP contribution in [-0.4, -0.2) is 77.9 Å². The van der Waals surface area contributed by atoms with E-state index in [2.05, 4.69) is 10.5 Å². The number of amides is 3. The van der Waals surface area contributed by atoms with Crippen molar-refractivity contribution in [2.45, 2.75) is 37.6 Å². The zero-order valence-corrected chi connectivity index (χ0v) is 19.6. The summed E-state index contributed by atoms with van der Waals surface area (Å²) in [6.07, 6.45) is -0.977. The number of hydrogen-bond donors (Lipinski definition) is 2. The number of nitrogens with zero attached hydrogens (tertiary/aromatic N) is 2. The van der Waals surface area contributed by atoms with Gasteiger partial charge in [0.2, 0.25) is 17.9 Å². The Morgan fingerprint density at radius 2 is 2.06 bits per heavy atom. The number of oxime groups is 1. The minimum atomic E-state index is -1.31. The predicted molar refractivity (Wildman–Crippen MR) is 117 cm³/mol. The van der Waals surface area contributed by atoms with E-state index in [0.717, 1.165) is 23.6 Å². The molecule has 1 aromatic heterocycles. The Bertz CT molecular complexity index is 1070. The molecule has 3 amide bonds. The van der Waals surface area contributed by atoms with Crippen molar-refractivity contribution in [1.82, 2.24) is 10.2 Å². The molecule has 4 unspecified atom stereocenters. The fraction of sp³-hybridized carbons (Fsp3) is 0.400. The summed E-state index contributed by atoms with van der Waals surface area (Å²) in [5.74, 6) is -2.84. The predicted octanol–water partition coefficient (Wildman–Crippen LogP) is -0.170. The molecule has 1 aromatic rings. The Morgan fingerprint density at radius 1 is 1.31 bits per heavy atom. The second-order valence-electron chi connectivity index (χ2n) is 7.14. The number of hydrogen-bond acceptors (Lipinski definition) is 12. The molecule has 3 heterocycles. The van der Waals surface area contributed by atoms with Gasteiger partial charge >= 0.3 is 18.0 Å². The highest BCUT2D eigenvalue weighted by molar-refractivity contribution is 8.03. The van der Waals surface area contributed by atoms with Gasteiger partial charge in [-0.25, -0.2) is 9.59 Å². The van der Waals surface area contributed by atoms with Crippen LogP contribution >= 0.6 is 11.8 Å². The highest BCUT2D eigenvalue weighted by Crippen LogP contribution is 2.40. The van der Waals surface area contributed by atoms with Gasteiger partial charge in [-0.15, -0.1) is 11.8 Å². The number of nitrogens with two attached hydrogens (primary N) is 1. The van der Waals surface area contributed by atoms with Crippen LogP contribution in [-0.2, 0) is 38.2 Å². The molecule has 0 bridgehead atoms. The molecule has 0 radical (unpaired) electrons. The number of fused-ring (bicyclic) bond motifs is 1. The fourth-order valence-electron chi connectivity index (χ4n) is 3.37. The molecule has 0 spiro atoms. The van der Waals surface area contributed by atoms with E-state index < -0.39 is 53.6 Å². The first-order chi connectivity index (χ1) is 16.6. The lowest BCUT2D eigenvalue weighted by molar-refractivity contribution is -0.189. The van der Waals surface area contributed by atoms with Crippen LogP contribution in [0.3, 0.4) is 0 Å². The van der Waals surface area contributed by atoms with Crippen LogP contribution in [0.25, 0.3) is 0 Å². The molecule has 4 atom stereocenters. The third-order valence-electron chi connectivity index (χ3n) is 4.73. The second-order valence-corrected chi connectivity index (χ2v) is 8.13. The SMILES string of the molecule is CO/N=C(\C(=O)NC1C(=O)N2C(C(=O)OC(C)OC(C)=O)C(COC(N)=O)=CSC12)c1ccco1. The van der Waals surface area contributed by atoms with Crippen molar-refractivity contribution in [2.24, 2.45) is 10.9 Å². The summed E-state index contributed by atoms with van der Waals surface area (Å²) in [4.78, 5) is 66.7. The molecule has 2 aliphatic heterocycles. The van der Waals surface area contributed by atoms with Gasteiger partial charge in [0.25, 0.3) is 5.91 Å². The lowest BCUT2D eigenvalue weighted by atomic mass is 9.98. The van der Waals surface area contributed by atoms with Gasteiger partial charge in [-0.1, -0.05) is 5.16 Å². The lowest BCUT2D eigenvalue weighted by Crippen LogP contribution is -2.74. The summed E-state index contributed by atoms with van der Waals surface area (Å²) in [6.45, 7) is 2.07. The largest absolute Gasteiger partial charge is 0.462 e. The molecule has 1 fully saturated rings. The average molecular weight is 510 g/mol. The van der Waals surface area contributed by atoms with Crippen LogP contribution < -0.4 is 11.1 Å². The molecule has 1 saturated heterocycles. The smallest absolute Gasteiger partial charge is 0.404 e. The van der Waals surface area contributed by atoms with Crippen LogP contribution in [0.5, 0.6) is 0 Å².